The number of amides is 2. The quantitative estimate of drug-likeness (QED) is 0.697. The number of likely N-dealkylation sites (tertiary alicyclic amines) is 1. The Kier molecular flexibility index (Phi) is 5.33. The van der Waals surface area contributed by atoms with Gasteiger partial charge in [0.05, 0.1) is 0 Å². The molecule has 0 radical (unpaired) electrons. The van der Waals surface area contributed by atoms with E-state index in [1.54, 1.807) is 4.90 Å². The Bertz CT molecular complexity index is 1020. The molecule has 2 aliphatic carbocycles. The number of carboxylic acid groups (broad SMARTS) is 1. The fraction of sp³-hybridized carbons (Fsp3) is 0.400. The topological polar surface area (TPSA) is 95.9 Å². The lowest BCUT2D eigenvalue weighted by atomic mass is 9.98. The molecular weight excluding hydrogens is 408 g/mol. The normalized spacial score (nSPS) is 21.3. The number of carboxylic acids is 1. The van der Waals surface area contributed by atoms with Gasteiger partial charge in [0, 0.05) is 24.9 Å². The van der Waals surface area contributed by atoms with Gasteiger partial charge >= 0.3 is 12.1 Å². The van der Waals surface area contributed by atoms with Gasteiger partial charge in [0.2, 0.25) is 5.91 Å². The molecule has 3 aliphatic rings. The fourth-order valence-electron chi connectivity index (χ4n) is 5.18. The SMILES string of the molecule is O=C(O)CCC(NC(=O)OCC1c2ccccc2-c2ccccc21)C(=O)N1CCC2CC21. The first kappa shape index (κ1) is 20.5. The largest absolute Gasteiger partial charge is 0.481 e. The molecular formula is C25H26N2O5. The molecule has 1 aliphatic heterocycles. The minimum absolute atomic E-state index is 0.0479. The van der Waals surface area contributed by atoms with Crippen molar-refractivity contribution in [2.24, 2.45) is 5.92 Å². The molecule has 7 heteroatoms. The first-order chi connectivity index (χ1) is 15.5. The van der Waals surface area contributed by atoms with Gasteiger partial charge in [-0.05, 0) is 47.4 Å². The van der Waals surface area contributed by atoms with Crippen molar-refractivity contribution in [3.05, 3.63) is 59.7 Å². The van der Waals surface area contributed by atoms with E-state index in [-0.39, 0.29) is 37.3 Å². The van der Waals surface area contributed by atoms with Gasteiger partial charge in [-0.3, -0.25) is 9.59 Å². The number of hydrogen-bond acceptors (Lipinski definition) is 4. The van der Waals surface area contributed by atoms with Crippen molar-refractivity contribution in [3.8, 4) is 11.1 Å². The maximum atomic E-state index is 13.0. The van der Waals surface area contributed by atoms with Crippen molar-refractivity contribution in [1.29, 1.82) is 0 Å². The number of aliphatic carboxylic acids is 1. The highest BCUT2D eigenvalue weighted by atomic mass is 16.5. The maximum Gasteiger partial charge on any atom is 0.407 e. The Morgan fingerprint density at radius 3 is 2.28 bits per heavy atom. The standard InChI is InChI=1S/C25H26N2O5/c28-23(29)10-9-21(24(30)27-12-11-15-13-22(15)27)26-25(31)32-14-20-18-7-3-1-5-16(18)17-6-2-4-8-19(17)20/h1-8,15,20-22H,9-14H2,(H,26,31)(H,28,29). The van der Waals surface area contributed by atoms with Crippen LogP contribution < -0.4 is 5.32 Å². The van der Waals surface area contributed by atoms with E-state index < -0.39 is 18.1 Å². The summed E-state index contributed by atoms with van der Waals surface area (Å²) in [7, 11) is 0. The third-order valence-corrected chi connectivity index (χ3v) is 6.89. The highest BCUT2D eigenvalue weighted by Gasteiger charge is 2.50. The number of hydrogen-bond donors (Lipinski definition) is 2. The van der Waals surface area contributed by atoms with E-state index in [4.69, 9.17) is 9.84 Å². The number of carbonyl (C=O) groups is 3. The Labute approximate surface area is 186 Å². The lowest BCUT2D eigenvalue weighted by Crippen LogP contribution is -2.49. The Balaban J connectivity index is 1.25. The second-order valence-electron chi connectivity index (χ2n) is 8.84. The van der Waals surface area contributed by atoms with Crippen molar-refractivity contribution >= 4 is 18.0 Å². The molecule has 2 fully saturated rings. The van der Waals surface area contributed by atoms with Crippen LogP contribution in [0.5, 0.6) is 0 Å². The maximum absolute atomic E-state index is 13.0. The molecule has 2 amide bonds. The Morgan fingerprint density at radius 2 is 1.72 bits per heavy atom. The van der Waals surface area contributed by atoms with Crippen molar-refractivity contribution in [1.82, 2.24) is 10.2 Å². The molecule has 1 saturated carbocycles. The highest BCUT2D eigenvalue weighted by Crippen LogP contribution is 2.45. The van der Waals surface area contributed by atoms with Crippen LogP contribution in [0.1, 0.15) is 42.7 Å². The number of ether oxygens (including phenoxy) is 1. The minimum atomic E-state index is -0.997. The third-order valence-electron chi connectivity index (χ3n) is 6.89. The Morgan fingerprint density at radius 1 is 1.06 bits per heavy atom. The molecule has 3 atom stereocenters. The van der Waals surface area contributed by atoms with E-state index in [0.29, 0.717) is 12.5 Å². The minimum Gasteiger partial charge on any atom is -0.481 e. The summed E-state index contributed by atoms with van der Waals surface area (Å²) in [6.45, 7) is 0.818. The van der Waals surface area contributed by atoms with Gasteiger partial charge < -0.3 is 20.1 Å². The number of nitrogens with one attached hydrogen (secondary N) is 1. The van der Waals surface area contributed by atoms with Crippen molar-refractivity contribution in [2.75, 3.05) is 13.2 Å². The average Bonchev–Trinajstić information content (AvgIpc) is 3.33. The number of carbonyl (C=O) groups excluding carboxylic acids is 2. The van der Waals surface area contributed by atoms with Gasteiger partial charge in [-0.2, -0.15) is 0 Å². The molecule has 3 unspecified atom stereocenters. The van der Waals surface area contributed by atoms with Crippen molar-refractivity contribution in [3.63, 3.8) is 0 Å². The van der Waals surface area contributed by atoms with E-state index >= 15 is 0 Å². The number of rotatable bonds is 7. The van der Waals surface area contributed by atoms with E-state index in [1.165, 1.54) is 0 Å². The average molecular weight is 434 g/mol. The molecule has 2 N–H and O–H groups in total. The molecule has 166 valence electrons. The van der Waals surface area contributed by atoms with Gasteiger partial charge in [-0.15, -0.1) is 0 Å². The van der Waals surface area contributed by atoms with Gasteiger partial charge in [0.25, 0.3) is 0 Å². The van der Waals surface area contributed by atoms with E-state index in [1.807, 2.05) is 36.4 Å². The first-order valence-electron chi connectivity index (χ1n) is 11.2. The van der Waals surface area contributed by atoms with Gasteiger partial charge in [0.1, 0.15) is 12.6 Å². The molecule has 32 heavy (non-hydrogen) atoms. The lowest BCUT2D eigenvalue weighted by Gasteiger charge is -2.25. The summed E-state index contributed by atoms with van der Waals surface area (Å²) in [5.74, 6) is -0.715. The number of piperidine rings is 1. The molecule has 0 bridgehead atoms. The van der Waals surface area contributed by atoms with E-state index in [0.717, 1.165) is 35.1 Å². The summed E-state index contributed by atoms with van der Waals surface area (Å²) in [5.41, 5.74) is 4.49. The molecule has 5 rings (SSSR count). The number of alkyl carbamates (subject to hydrolysis) is 1. The van der Waals surface area contributed by atoms with E-state index in [9.17, 15) is 14.4 Å². The molecule has 1 saturated heterocycles. The molecule has 0 aromatic heterocycles. The second-order valence-corrected chi connectivity index (χ2v) is 8.84. The summed E-state index contributed by atoms with van der Waals surface area (Å²) in [4.78, 5) is 38.5. The molecule has 0 spiro atoms. The molecule has 1 heterocycles. The third kappa shape index (κ3) is 3.83. The van der Waals surface area contributed by atoms with Crippen LogP contribution in [-0.2, 0) is 14.3 Å². The second kappa shape index (κ2) is 8.30. The monoisotopic (exact) mass is 434 g/mol. The van der Waals surface area contributed by atoms with Crippen LogP contribution in [-0.4, -0.2) is 53.2 Å². The predicted molar refractivity (Wildman–Crippen MR) is 117 cm³/mol. The van der Waals surface area contributed by atoms with Crippen LogP contribution >= 0.6 is 0 Å². The summed E-state index contributed by atoms with van der Waals surface area (Å²) >= 11 is 0. The first-order valence-corrected chi connectivity index (χ1v) is 11.2. The number of benzene rings is 2. The van der Waals surface area contributed by atoms with Crippen molar-refractivity contribution < 1.29 is 24.2 Å². The zero-order valence-electron chi connectivity index (χ0n) is 17.7. The summed E-state index contributed by atoms with van der Waals surface area (Å²) < 4.78 is 5.56. The van der Waals surface area contributed by atoms with Gasteiger partial charge in [0.15, 0.2) is 0 Å². The zero-order valence-corrected chi connectivity index (χ0v) is 17.7. The molecule has 2 aromatic rings. The predicted octanol–water partition coefficient (Wildman–Crippen LogP) is 3.38. The van der Waals surface area contributed by atoms with Gasteiger partial charge in [-0.25, -0.2) is 4.79 Å². The zero-order chi connectivity index (χ0) is 22.2. The molecule has 2 aromatic carbocycles. The van der Waals surface area contributed by atoms with Crippen LogP contribution in [0.4, 0.5) is 4.79 Å². The van der Waals surface area contributed by atoms with Crippen LogP contribution in [0.25, 0.3) is 11.1 Å². The number of fused-ring (bicyclic) bond motifs is 4. The van der Waals surface area contributed by atoms with Crippen molar-refractivity contribution in [2.45, 2.75) is 43.7 Å². The number of nitrogens with zero attached hydrogens (tertiary/aromatic N) is 1. The fourth-order valence-corrected chi connectivity index (χ4v) is 5.18. The Hall–Kier alpha value is -3.35. The molecule has 7 nitrogen and oxygen atoms in total. The summed E-state index contributed by atoms with van der Waals surface area (Å²) in [6.07, 6.45) is 1.14. The van der Waals surface area contributed by atoms with E-state index in [2.05, 4.69) is 17.4 Å². The summed E-state index contributed by atoms with van der Waals surface area (Å²) in [5, 5.41) is 11.7. The van der Waals surface area contributed by atoms with Crippen LogP contribution in [0.3, 0.4) is 0 Å². The van der Waals surface area contributed by atoms with Crippen LogP contribution in [0, 0.1) is 5.92 Å². The van der Waals surface area contributed by atoms with Crippen LogP contribution in [0.2, 0.25) is 0 Å². The smallest absolute Gasteiger partial charge is 0.407 e. The van der Waals surface area contributed by atoms with Crippen LogP contribution in [0.15, 0.2) is 48.5 Å². The highest BCUT2D eigenvalue weighted by molar-refractivity contribution is 5.87. The lowest BCUT2D eigenvalue weighted by molar-refractivity contribution is -0.138. The van der Waals surface area contributed by atoms with Gasteiger partial charge in [-0.1, -0.05) is 48.5 Å². The summed E-state index contributed by atoms with van der Waals surface area (Å²) in [6, 6.07) is 15.5.